The first-order chi connectivity index (χ1) is 15.0. The van der Waals surface area contributed by atoms with Crippen molar-refractivity contribution < 1.29 is 14.3 Å². The molecule has 1 aliphatic heterocycles. The number of ether oxygens (including phenoxy) is 2. The van der Waals surface area contributed by atoms with E-state index in [4.69, 9.17) is 9.47 Å². The Balaban J connectivity index is 1.57. The molecule has 0 radical (unpaired) electrons. The molecule has 2 aromatic rings. The van der Waals surface area contributed by atoms with Gasteiger partial charge in [-0.3, -0.25) is 9.69 Å². The van der Waals surface area contributed by atoms with Crippen molar-refractivity contribution in [3.63, 3.8) is 0 Å². The number of hydrogen-bond donors (Lipinski definition) is 1. The molecule has 0 aromatic heterocycles. The molecule has 0 aliphatic carbocycles. The van der Waals surface area contributed by atoms with Crippen molar-refractivity contribution in [3.05, 3.63) is 59.7 Å². The summed E-state index contributed by atoms with van der Waals surface area (Å²) in [5.41, 5.74) is 3.63. The molecule has 1 saturated heterocycles. The molecule has 1 aliphatic rings. The van der Waals surface area contributed by atoms with Gasteiger partial charge in [0.15, 0.2) is 0 Å². The van der Waals surface area contributed by atoms with Crippen molar-refractivity contribution >= 4 is 11.6 Å². The summed E-state index contributed by atoms with van der Waals surface area (Å²) in [4.78, 5) is 13.7. The van der Waals surface area contributed by atoms with Crippen LogP contribution in [0.15, 0.2) is 48.5 Å². The number of carbonyl (C=O) groups excluding carboxylic acids is 1. The number of methoxy groups -OCH3 is 1. The quantitative estimate of drug-likeness (QED) is 0.589. The Morgan fingerprint density at radius 2 is 1.81 bits per heavy atom. The second-order valence-electron chi connectivity index (χ2n) is 8.60. The molecule has 1 amide bonds. The van der Waals surface area contributed by atoms with Crippen molar-refractivity contribution in [3.8, 4) is 5.75 Å². The van der Waals surface area contributed by atoms with E-state index in [1.807, 2.05) is 24.3 Å². The number of amides is 1. The smallest absolute Gasteiger partial charge is 0.221 e. The first-order valence-corrected chi connectivity index (χ1v) is 11.3. The van der Waals surface area contributed by atoms with Crippen molar-refractivity contribution in [1.82, 2.24) is 4.90 Å². The monoisotopic (exact) mass is 424 g/mol. The Kier molecular flexibility index (Phi) is 8.50. The van der Waals surface area contributed by atoms with Crippen LogP contribution in [0.3, 0.4) is 0 Å². The van der Waals surface area contributed by atoms with Gasteiger partial charge in [0.2, 0.25) is 5.91 Å². The molecule has 3 rings (SSSR count). The number of nitrogens with zero attached hydrogens (tertiary/aromatic N) is 1. The van der Waals surface area contributed by atoms with Gasteiger partial charge in [0.05, 0.1) is 13.7 Å². The van der Waals surface area contributed by atoms with Crippen LogP contribution in [0.5, 0.6) is 5.75 Å². The third kappa shape index (κ3) is 6.81. The van der Waals surface area contributed by atoms with Gasteiger partial charge in [0.25, 0.3) is 0 Å². The van der Waals surface area contributed by atoms with Crippen LogP contribution < -0.4 is 10.1 Å². The predicted molar refractivity (Wildman–Crippen MR) is 125 cm³/mol. The fourth-order valence-electron chi connectivity index (χ4n) is 4.43. The lowest BCUT2D eigenvalue weighted by atomic mass is 9.74. The first kappa shape index (κ1) is 23.3. The van der Waals surface area contributed by atoms with Crippen molar-refractivity contribution in [2.75, 3.05) is 38.7 Å². The van der Waals surface area contributed by atoms with Crippen LogP contribution in [0.25, 0.3) is 0 Å². The minimum Gasteiger partial charge on any atom is -0.496 e. The van der Waals surface area contributed by atoms with E-state index < -0.39 is 0 Å². The van der Waals surface area contributed by atoms with Gasteiger partial charge < -0.3 is 14.8 Å². The van der Waals surface area contributed by atoms with E-state index in [0.29, 0.717) is 0 Å². The van der Waals surface area contributed by atoms with Gasteiger partial charge in [-0.25, -0.2) is 0 Å². The lowest BCUT2D eigenvalue weighted by Crippen LogP contribution is -2.42. The van der Waals surface area contributed by atoms with E-state index >= 15 is 0 Å². The molecule has 31 heavy (non-hydrogen) atoms. The molecule has 0 unspecified atom stereocenters. The lowest BCUT2D eigenvalue weighted by molar-refractivity contribution is -0.114. The molecule has 0 bridgehead atoms. The third-order valence-corrected chi connectivity index (χ3v) is 6.33. The standard InChI is InChI=1S/C26H36N2O3/c1-4-31-20-26(14-13-23-7-5-6-8-25(23)30-3)15-17-28(18-16-26)19-22-9-11-24(12-10-22)27-21(2)29/h5-12H,4,13-20H2,1-3H3,(H,27,29). The molecular weight excluding hydrogens is 388 g/mol. The molecule has 5 heteroatoms. The van der Waals surface area contributed by atoms with Gasteiger partial charge in [-0.2, -0.15) is 0 Å². The minimum absolute atomic E-state index is 0.0393. The van der Waals surface area contributed by atoms with Crippen LogP contribution in [-0.2, 0) is 22.5 Å². The van der Waals surface area contributed by atoms with E-state index in [2.05, 4.69) is 41.4 Å². The highest BCUT2D eigenvalue weighted by Gasteiger charge is 2.34. The fourth-order valence-corrected chi connectivity index (χ4v) is 4.43. The average molecular weight is 425 g/mol. The average Bonchev–Trinajstić information content (AvgIpc) is 2.79. The van der Waals surface area contributed by atoms with Crippen LogP contribution in [0, 0.1) is 5.41 Å². The van der Waals surface area contributed by atoms with Gasteiger partial charge >= 0.3 is 0 Å². The van der Waals surface area contributed by atoms with E-state index in [0.717, 1.165) is 70.0 Å². The molecule has 0 saturated carbocycles. The van der Waals surface area contributed by atoms with E-state index in [1.165, 1.54) is 18.1 Å². The molecule has 0 atom stereocenters. The number of piperidine rings is 1. The number of rotatable bonds is 10. The predicted octanol–water partition coefficient (Wildman–Crippen LogP) is 4.91. The molecule has 1 heterocycles. The largest absolute Gasteiger partial charge is 0.496 e. The Bertz CT molecular complexity index is 827. The minimum atomic E-state index is -0.0393. The maximum Gasteiger partial charge on any atom is 0.221 e. The summed E-state index contributed by atoms with van der Waals surface area (Å²) in [6.45, 7) is 8.30. The Hall–Kier alpha value is -2.37. The number of aryl methyl sites for hydroxylation is 1. The lowest BCUT2D eigenvalue weighted by Gasteiger charge is -2.42. The van der Waals surface area contributed by atoms with Crippen LogP contribution in [0.1, 0.15) is 44.2 Å². The van der Waals surface area contributed by atoms with Gasteiger partial charge in [0, 0.05) is 25.8 Å². The van der Waals surface area contributed by atoms with Gasteiger partial charge in [-0.05, 0) is 80.4 Å². The zero-order chi connectivity index (χ0) is 22.1. The van der Waals surface area contributed by atoms with Gasteiger partial charge in [-0.1, -0.05) is 30.3 Å². The number of anilines is 1. The highest BCUT2D eigenvalue weighted by atomic mass is 16.5. The Morgan fingerprint density at radius 1 is 1.10 bits per heavy atom. The van der Waals surface area contributed by atoms with Crippen molar-refractivity contribution in [2.45, 2.75) is 46.1 Å². The topological polar surface area (TPSA) is 50.8 Å². The zero-order valence-electron chi connectivity index (χ0n) is 19.2. The molecule has 1 fully saturated rings. The molecular formula is C26H36N2O3. The maximum atomic E-state index is 11.2. The molecule has 2 aromatic carbocycles. The van der Waals surface area contributed by atoms with Crippen LogP contribution >= 0.6 is 0 Å². The van der Waals surface area contributed by atoms with E-state index in [-0.39, 0.29) is 11.3 Å². The number of hydrogen-bond acceptors (Lipinski definition) is 4. The number of nitrogens with one attached hydrogen (secondary N) is 1. The fraction of sp³-hybridized carbons (Fsp3) is 0.500. The molecule has 1 N–H and O–H groups in total. The summed E-state index contributed by atoms with van der Waals surface area (Å²) in [7, 11) is 1.75. The third-order valence-electron chi connectivity index (χ3n) is 6.33. The summed E-state index contributed by atoms with van der Waals surface area (Å²) in [5, 5.41) is 2.83. The maximum absolute atomic E-state index is 11.2. The number of para-hydroxylation sites is 1. The molecule has 0 spiro atoms. The normalized spacial score (nSPS) is 16.1. The highest BCUT2D eigenvalue weighted by molar-refractivity contribution is 5.88. The van der Waals surface area contributed by atoms with Crippen LogP contribution in [0.4, 0.5) is 5.69 Å². The first-order valence-electron chi connectivity index (χ1n) is 11.3. The van der Waals surface area contributed by atoms with Crippen LogP contribution in [0.2, 0.25) is 0 Å². The number of likely N-dealkylation sites (tertiary alicyclic amines) is 1. The summed E-state index contributed by atoms with van der Waals surface area (Å²) in [6.07, 6.45) is 4.42. The summed E-state index contributed by atoms with van der Waals surface area (Å²) in [6, 6.07) is 16.5. The van der Waals surface area contributed by atoms with Crippen molar-refractivity contribution in [1.29, 1.82) is 0 Å². The molecule has 168 valence electrons. The second-order valence-corrected chi connectivity index (χ2v) is 8.60. The van der Waals surface area contributed by atoms with Gasteiger partial charge in [0.1, 0.15) is 5.75 Å². The van der Waals surface area contributed by atoms with Crippen LogP contribution in [-0.4, -0.2) is 44.2 Å². The van der Waals surface area contributed by atoms with Gasteiger partial charge in [-0.15, -0.1) is 0 Å². The summed E-state index contributed by atoms with van der Waals surface area (Å²) < 4.78 is 11.5. The summed E-state index contributed by atoms with van der Waals surface area (Å²) in [5.74, 6) is 0.941. The zero-order valence-corrected chi connectivity index (χ0v) is 19.2. The Morgan fingerprint density at radius 3 is 2.45 bits per heavy atom. The number of benzene rings is 2. The summed E-state index contributed by atoms with van der Waals surface area (Å²) >= 11 is 0. The van der Waals surface area contributed by atoms with E-state index in [1.54, 1.807) is 7.11 Å². The van der Waals surface area contributed by atoms with Crippen molar-refractivity contribution in [2.24, 2.45) is 5.41 Å². The van der Waals surface area contributed by atoms with E-state index in [9.17, 15) is 4.79 Å². The SMILES string of the molecule is CCOCC1(CCc2ccccc2OC)CCN(Cc2ccc(NC(C)=O)cc2)CC1. The highest BCUT2D eigenvalue weighted by Crippen LogP contribution is 2.38. The molecule has 5 nitrogen and oxygen atoms in total. The second kappa shape index (κ2) is 11.3. The number of carbonyl (C=O) groups is 1. The Labute approximate surface area is 186 Å².